The lowest BCUT2D eigenvalue weighted by molar-refractivity contribution is 0.101. The van der Waals surface area contributed by atoms with E-state index in [9.17, 15) is 29.4 Å². The summed E-state index contributed by atoms with van der Waals surface area (Å²) >= 11 is 0. The topological polar surface area (TPSA) is 148 Å². The first-order chi connectivity index (χ1) is 14.7. The molecule has 0 saturated carbocycles. The van der Waals surface area contributed by atoms with Gasteiger partial charge in [0.15, 0.2) is 11.4 Å². The summed E-state index contributed by atoms with van der Waals surface area (Å²) in [6.07, 6.45) is 0. The Kier molecular flexibility index (Phi) is 3.63. The molecule has 0 bridgehead atoms. The summed E-state index contributed by atoms with van der Waals surface area (Å²) in [6.45, 7) is 2.76. The van der Waals surface area contributed by atoms with Gasteiger partial charge in [-0.3, -0.25) is 4.79 Å². The number of Topliss-reactive ketones (excluding diaryl/α,β-unsaturated/α-hetero) is 1. The first-order valence-corrected chi connectivity index (χ1v) is 9.06. The number of aryl methyl sites for hydroxylation is 1. The van der Waals surface area contributed by atoms with E-state index < -0.39 is 45.1 Å². The number of benzene rings is 2. The predicted molar refractivity (Wildman–Crippen MR) is 110 cm³/mol. The first-order valence-electron chi connectivity index (χ1n) is 9.06. The minimum absolute atomic E-state index is 0.130. The van der Waals surface area contributed by atoms with Gasteiger partial charge < -0.3 is 23.5 Å². The van der Waals surface area contributed by atoms with Gasteiger partial charge in [-0.1, -0.05) is 12.1 Å². The lowest BCUT2D eigenvalue weighted by Crippen LogP contribution is -2.13. The van der Waals surface area contributed by atoms with Crippen LogP contribution in [0.3, 0.4) is 0 Å². The van der Waals surface area contributed by atoms with Crippen LogP contribution in [0.15, 0.2) is 51.9 Å². The maximum Gasteiger partial charge on any atom is 0.351 e. The van der Waals surface area contributed by atoms with Gasteiger partial charge in [-0.15, -0.1) is 0 Å². The molecule has 9 nitrogen and oxygen atoms in total. The molecule has 0 aliphatic carbocycles. The quantitative estimate of drug-likeness (QED) is 0.237. The van der Waals surface area contributed by atoms with Gasteiger partial charge in [-0.05, 0) is 25.5 Å². The molecule has 31 heavy (non-hydrogen) atoms. The molecule has 0 atom stereocenters. The molecule has 0 radical (unpaired) electrons. The number of para-hydroxylation sites is 1. The fourth-order valence-electron chi connectivity index (χ4n) is 3.90. The summed E-state index contributed by atoms with van der Waals surface area (Å²) in [5, 5.41) is 20.3. The Bertz CT molecular complexity index is 1800. The van der Waals surface area contributed by atoms with Gasteiger partial charge in [0.05, 0.1) is 10.8 Å². The largest absolute Gasteiger partial charge is 0.507 e. The molecule has 0 unspecified atom stereocenters. The van der Waals surface area contributed by atoms with Crippen molar-refractivity contribution in [1.82, 2.24) is 0 Å². The van der Waals surface area contributed by atoms with Crippen LogP contribution in [0.4, 0.5) is 0 Å². The zero-order valence-corrected chi connectivity index (χ0v) is 16.1. The van der Waals surface area contributed by atoms with Crippen molar-refractivity contribution in [2.45, 2.75) is 13.8 Å². The van der Waals surface area contributed by atoms with Crippen molar-refractivity contribution in [2.24, 2.45) is 0 Å². The van der Waals surface area contributed by atoms with Crippen LogP contribution in [-0.2, 0) is 0 Å². The molecule has 5 rings (SSSR count). The van der Waals surface area contributed by atoms with Crippen LogP contribution in [-0.4, -0.2) is 16.0 Å². The van der Waals surface area contributed by atoms with Gasteiger partial charge >= 0.3 is 16.9 Å². The van der Waals surface area contributed by atoms with E-state index in [1.807, 2.05) is 0 Å². The second-order valence-corrected chi connectivity index (χ2v) is 7.12. The molecule has 0 aliphatic heterocycles. The average molecular weight is 420 g/mol. The highest BCUT2D eigenvalue weighted by molar-refractivity contribution is 6.24. The average Bonchev–Trinajstić information content (AvgIpc) is 2.67. The lowest BCUT2D eigenvalue weighted by Gasteiger charge is -2.11. The Morgan fingerprint density at radius 3 is 2.23 bits per heavy atom. The number of carbonyl (C=O) groups excluding carboxylic acids is 1. The van der Waals surface area contributed by atoms with E-state index in [4.69, 9.17) is 13.3 Å². The fraction of sp³-hybridized carbons (Fsp3) is 0.0909. The number of rotatable bonds is 1. The highest BCUT2D eigenvalue weighted by Gasteiger charge is 2.26. The molecule has 0 aliphatic rings. The van der Waals surface area contributed by atoms with Crippen molar-refractivity contribution in [3.05, 3.63) is 66.7 Å². The third-order valence-corrected chi connectivity index (χ3v) is 5.23. The summed E-state index contributed by atoms with van der Waals surface area (Å²) < 4.78 is 15.9. The van der Waals surface area contributed by atoms with Crippen molar-refractivity contribution in [1.29, 1.82) is 0 Å². The molecule has 5 aromatic rings. The molecule has 0 amide bonds. The van der Waals surface area contributed by atoms with Gasteiger partial charge in [-0.2, -0.15) is 0 Å². The molecule has 154 valence electrons. The van der Waals surface area contributed by atoms with E-state index in [-0.39, 0.29) is 32.9 Å². The van der Waals surface area contributed by atoms with Crippen molar-refractivity contribution in [3.8, 4) is 11.5 Å². The number of phenols is 1. The van der Waals surface area contributed by atoms with E-state index in [1.165, 1.54) is 0 Å². The van der Waals surface area contributed by atoms with Crippen molar-refractivity contribution in [3.63, 3.8) is 0 Å². The van der Waals surface area contributed by atoms with E-state index in [0.717, 1.165) is 13.0 Å². The monoisotopic (exact) mass is 420 g/mol. The smallest absolute Gasteiger partial charge is 0.351 e. The number of hydrogen-bond acceptors (Lipinski definition) is 9. The Labute approximate surface area is 170 Å². The predicted octanol–water partition coefficient (Wildman–Crippen LogP) is 3.08. The first kappa shape index (κ1) is 18.6. The van der Waals surface area contributed by atoms with Crippen LogP contribution in [0.25, 0.3) is 43.7 Å². The molecule has 2 aromatic carbocycles. The Balaban J connectivity index is 2.24. The Morgan fingerprint density at radius 2 is 1.52 bits per heavy atom. The minimum atomic E-state index is -1.13. The summed E-state index contributed by atoms with van der Waals surface area (Å²) in [6, 6.07) is 5.88. The van der Waals surface area contributed by atoms with Crippen LogP contribution in [0, 0.1) is 6.92 Å². The molecule has 0 saturated heterocycles. The molecule has 3 heterocycles. The number of phenolic OH excluding ortho intramolecular Hbond substituents is 1. The van der Waals surface area contributed by atoms with Crippen molar-refractivity contribution >= 4 is 49.5 Å². The van der Waals surface area contributed by atoms with Crippen molar-refractivity contribution < 1.29 is 28.3 Å². The molecule has 0 spiro atoms. The van der Waals surface area contributed by atoms with Gasteiger partial charge in [0.2, 0.25) is 0 Å². The summed E-state index contributed by atoms with van der Waals surface area (Å²) in [4.78, 5) is 49.8. The van der Waals surface area contributed by atoms with Crippen LogP contribution in [0.2, 0.25) is 0 Å². The van der Waals surface area contributed by atoms with E-state index in [2.05, 4.69) is 0 Å². The third kappa shape index (κ3) is 2.37. The molecule has 9 heteroatoms. The zero-order chi connectivity index (χ0) is 22.2. The number of carbonyl (C=O) groups is 1. The van der Waals surface area contributed by atoms with Crippen molar-refractivity contribution in [2.75, 3.05) is 0 Å². The normalized spacial score (nSPS) is 11.7. The van der Waals surface area contributed by atoms with Crippen LogP contribution in [0.5, 0.6) is 11.5 Å². The Hall–Kier alpha value is -4.40. The molecular formula is C22H12O9. The number of ketones is 1. The maximum absolute atomic E-state index is 13.0. The molecule has 3 aromatic heterocycles. The minimum Gasteiger partial charge on any atom is -0.507 e. The third-order valence-electron chi connectivity index (χ3n) is 5.23. The second-order valence-electron chi connectivity index (χ2n) is 7.12. The van der Waals surface area contributed by atoms with Crippen LogP contribution in [0.1, 0.15) is 22.8 Å². The van der Waals surface area contributed by atoms with Gasteiger partial charge in [0, 0.05) is 11.5 Å². The van der Waals surface area contributed by atoms with Gasteiger partial charge in [0.25, 0.3) is 0 Å². The summed E-state index contributed by atoms with van der Waals surface area (Å²) in [7, 11) is 0. The molecule has 2 N–H and O–H groups in total. The fourth-order valence-corrected chi connectivity index (χ4v) is 3.90. The van der Waals surface area contributed by atoms with E-state index >= 15 is 0 Å². The SMILES string of the molecule is CC(=O)c1c(O)c2c(cc(O)c3c(=O)oc4c5cccc(C)c5oc(=O)c4c32)oc1=O. The van der Waals surface area contributed by atoms with Gasteiger partial charge in [-0.25, -0.2) is 14.4 Å². The van der Waals surface area contributed by atoms with Gasteiger partial charge in [0.1, 0.15) is 39.0 Å². The Morgan fingerprint density at radius 1 is 0.839 bits per heavy atom. The highest BCUT2D eigenvalue weighted by Crippen LogP contribution is 2.40. The zero-order valence-electron chi connectivity index (χ0n) is 16.1. The summed E-state index contributed by atoms with van der Waals surface area (Å²) in [5.74, 6) is -2.20. The highest BCUT2D eigenvalue weighted by atomic mass is 16.4. The molecule has 0 fully saturated rings. The lowest BCUT2D eigenvalue weighted by atomic mass is 9.99. The number of fused-ring (bicyclic) bond motifs is 7. The van der Waals surface area contributed by atoms with E-state index in [0.29, 0.717) is 10.9 Å². The van der Waals surface area contributed by atoms with Crippen LogP contribution < -0.4 is 16.9 Å². The number of hydrogen-bond donors (Lipinski definition) is 2. The number of aromatic hydroxyl groups is 2. The van der Waals surface area contributed by atoms with Crippen LogP contribution >= 0.6 is 0 Å². The second kappa shape index (κ2) is 6.05. The molecular weight excluding hydrogens is 408 g/mol. The standard InChI is InChI=1S/C22H12O9/c1-7-4-3-5-9-18(7)30-22(28)16-15-13(21(27)31-19(9)16)10(24)6-11-14(15)17(25)12(8(2)23)20(26)29-11/h3-6,24-25H,1-2H3. The van der Waals surface area contributed by atoms with E-state index in [1.54, 1.807) is 25.1 Å². The maximum atomic E-state index is 13.0. The summed E-state index contributed by atoms with van der Waals surface area (Å²) in [5.41, 5.74) is -3.32.